The summed E-state index contributed by atoms with van der Waals surface area (Å²) in [6.07, 6.45) is 8.40. The fourth-order valence-electron chi connectivity index (χ4n) is 3.87. The second-order valence-electron chi connectivity index (χ2n) is 7.74. The van der Waals surface area contributed by atoms with E-state index < -0.39 is 0 Å². The third-order valence-electron chi connectivity index (χ3n) is 5.78. The lowest BCUT2D eigenvalue weighted by Crippen LogP contribution is -2.57. The molecule has 0 aromatic heterocycles. The molecule has 3 aliphatic rings. The van der Waals surface area contributed by atoms with E-state index in [0.29, 0.717) is 5.41 Å². The Bertz CT molecular complexity index is 315. The van der Waals surface area contributed by atoms with Crippen molar-refractivity contribution in [3.63, 3.8) is 0 Å². The molecule has 2 aliphatic heterocycles. The zero-order valence-electron chi connectivity index (χ0n) is 13.5. The van der Waals surface area contributed by atoms with Gasteiger partial charge in [-0.05, 0) is 44.1 Å². The van der Waals surface area contributed by atoms with Gasteiger partial charge in [-0.25, -0.2) is 0 Å². The molecule has 2 heterocycles. The van der Waals surface area contributed by atoms with E-state index in [0.717, 1.165) is 12.1 Å². The van der Waals surface area contributed by atoms with Gasteiger partial charge in [-0.2, -0.15) is 0 Å². The Labute approximate surface area is 125 Å². The smallest absolute Gasteiger partial charge is 0.0223 e. The molecular weight excluding hydrogens is 246 g/mol. The molecule has 3 fully saturated rings. The zero-order chi connectivity index (χ0) is 14.0. The van der Waals surface area contributed by atoms with Crippen LogP contribution in [0.4, 0.5) is 0 Å². The zero-order valence-corrected chi connectivity index (χ0v) is 13.5. The summed E-state index contributed by atoms with van der Waals surface area (Å²) in [4.78, 5) is 5.50. The molecule has 3 nitrogen and oxygen atoms in total. The molecule has 2 saturated heterocycles. The van der Waals surface area contributed by atoms with Gasteiger partial charge in [0.2, 0.25) is 0 Å². The minimum atomic E-state index is 0.458. The van der Waals surface area contributed by atoms with Crippen LogP contribution >= 0.6 is 0 Å². The Morgan fingerprint density at radius 1 is 1.10 bits per heavy atom. The molecule has 0 amide bonds. The molecule has 0 aromatic rings. The predicted octanol–water partition coefficient (Wildman–Crippen LogP) is 2.32. The topological polar surface area (TPSA) is 18.5 Å². The molecule has 0 aromatic carbocycles. The van der Waals surface area contributed by atoms with Gasteiger partial charge in [0.15, 0.2) is 0 Å². The first-order valence-electron chi connectivity index (χ1n) is 8.88. The number of rotatable bonds is 6. The Morgan fingerprint density at radius 3 is 2.70 bits per heavy atom. The van der Waals surface area contributed by atoms with E-state index in [9.17, 15) is 0 Å². The average molecular weight is 279 g/mol. The van der Waals surface area contributed by atoms with Crippen molar-refractivity contribution in [3.8, 4) is 0 Å². The molecule has 1 saturated carbocycles. The first-order chi connectivity index (χ1) is 9.68. The number of hydrogen-bond acceptors (Lipinski definition) is 3. The van der Waals surface area contributed by atoms with E-state index in [-0.39, 0.29) is 0 Å². The summed E-state index contributed by atoms with van der Waals surface area (Å²) in [7, 11) is 0. The Balaban J connectivity index is 1.49. The van der Waals surface area contributed by atoms with Crippen molar-refractivity contribution in [2.45, 2.75) is 64.5 Å². The van der Waals surface area contributed by atoms with Crippen LogP contribution in [0, 0.1) is 5.41 Å². The molecule has 0 radical (unpaired) electrons. The highest BCUT2D eigenvalue weighted by Crippen LogP contribution is 2.28. The van der Waals surface area contributed by atoms with Gasteiger partial charge in [-0.1, -0.05) is 20.3 Å². The summed E-state index contributed by atoms with van der Waals surface area (Å²) in [5, 5.41) is 3.76. The number of piperidine rings is 1. The normalized spacial score (nSPS) is 31.8. The summed E-state index contributed by atoms with van der Waals surface area (Å²) in [5.41, 5.74) is 0.458. The Kier molecular flexibility index (Phi) is 4.68. The maximum Gasteiger partial charge on any atom is 0.0223 e. The van der Waals surface area contributed by atoms with Crippen molar-refractivity contribution >= 4 is 0 Å². The maximum atomic E-state index is 3.76. The van der Waals surface area contributed by atoms with Gasteiger partial charge in [-0.3, -0.25) is 9.80 Å². The standard InChI is InChI=1S/C17H33N3/c1-3-17(2,13-18-15-7-8-15)14-19-10-11-20-9-5-4-6-16(20)12-19/h15-16,18H,3-14H2,1-2H3. The van der Waals surface area contributed by atoms with Gasteiger partial charge in [0, 0.05) is 44.8 Å². The number of hydrogen-bond donors (Lipinski definition) is 1. The largest absolute Gasteiger partial charge is 0.313 e. The second-order valence-corrected chi connectivity index (χ2v) is 7.74. The molecule has 3 rings (SSSR count). The molecule has 20 heavy (non-hydrogen) atoms. The van der Waals surface area contributed by atoms with Crippen LogP contribution in [0.2, 0.25) is 0 Å². The van der Waals surface area contributed by atoms with Crippen LogP contribution in [0.3, 0.4) is 0 Å². The van der Waals surface area contributed by atoms with Gasteiger partial charge in [0.25, 0.3) is 0 Å². The lowest BCUT2D eigenvalue weighted by Gasteiger charge is -2.46. The van der Waals surface area contributed by atoms with Gasteiger partial charge in [0.05, 0.1) is 0 Å². The fraction of sp³-hybridized carbons (Fsp3) is 1.00. The van der Waals surface area contributed by atoms with E-state index in [1.807, 2.05) is 0 Å². The van der Waals surface area contributed by atoms with Crippen LogP contribution in [0.1, 0.15) is 52.4 Å². The van der Waals surface area contributed by atoms with Crippen molar-refractivity contribution < 1.29 is 0 Å². The van der Waals surface area contributed by atoms with Gasteiger partial charge in [-0.15, -0.1) is 0 Å². The number of nitrogens with one attached hydrogen (secondary N) is 1. The SMILES string of the molecule is CCC(C)(CNC1CC1)CN1CCN2CCCCC2C1. The quantitative estimate of drug-likeness (QED) is 0.805. The molecular formula is C17H33N3. The van der Waals surface area contributed by atoms with Crippen molar-refractivity contribution in [1.82, 2.24) is 15.1 Å². The van der Waals surface area contributed by atoms with Crippen LogP contribution in [-0.4, -0.2) is 61.2 Å². The van der Waals surface area contributed by atoms with Crippen LogP contribution in [0.5, 0.6) is 0 Å². The van der Waals surface area contributed by atoms with Crippen molar-refractivity contribution in [2.75, 3.05) is 39.3 Å². The van der Waals surface area contributed by atoms with Crippen LogP contribution < -0.4 is 5.32 Å². The molecule has 116 valence electrons. The number of nitrogens with zero attached hydrogens (tertiary/aromatic N) is 2. The minimum absolute atomic E-state index is 0.458. The first kappa shape index (κ1) is 14.8. The monoisotopic (exact) mass is 279 g/mol. The van der Waals surface area contributed by atoms with E-state index in [4.69, 9.17) is 0 Å². The lowest BCUT2D eigenvalue weighted by molar-refractivity contribution is 0.0278. The van der Waals surface area contributed by atoms with Crippen LogP contribution in [0.25, 0.3) is 0 Å². The number of piperazine rings is 1. The predicted molar refractivity (Wildman–Crippen MR) is 85.1 cm³/mol. The maximum absolute atomic E-state index is 3.76. The molecule has 2 unspecified atom stereocenters. The van der Waals surface area contributed by atoms with E-state index >= 15 is 0 Å². The highest BCUT2D eigenvalue weighted by atomic mass is 15.3. The molecule has 1 N–H and O–H groups in total. The fourth-order valence-corrected chi connectivity index (χ4v) is 3.87. The molecule has 3 heteroatoms. The summed E-state index contributed by atoms with van der Waals surface area (Å²) >= 11 is 0. The van der Waals surface area contributed by atoms with E-state index in [2.05, 4.69) is 29.0 Å². The van der Waals surface area contributed by atoms with Crippen molar-refractivity contribution in [3.05, 3.63) is 0 Å². The molecule has 1 aliphatic carbocycles. The third-order valence-corrected chi connectivity index (χ3v) is 5.78. The lowest BCUT2D eigenvalue weighted by atomic mass is 9.86. The summed E-state index contributed by atoms with van der Waals surface area (Å²) in [5.74, 6) is 0. The van der Waals surface area contributed by atoms with E-state index in [1.165, 1.54) is 77.8 Å². The number of fused-ring (bicyclic) bond motifs is 1. The highest BCUT2D eigenvalue weighted by molar-refractivity contribution is 4.90. The highest BCUT2D eigenvalue weighted by Gasteiger charge is 2.33. The molecule has 0 bridgehead atoms. The summed E-state index contributed by atoms with van der Waals surface area (Å²) < 4.78 is 0. The van der Waals surface area contributed by atoms with Crippen LogP contribution in [0.15, 0.2) is 0 Å². The minimum Gasteiger partial charge on any atom is -0.313 e. The van der Waals surface area contributed by atoms with Gasteiger partial charge in [0.1, 0.15) is 0 Å². The summed E-state index contributed by atoms with van der Waals surface area (Å²) in [6, 6.07) is 1.70. The van der Waals surface area contributed by atoms with E-state index in [1.54, 1.807) is 0 Å². The molecule has 2 atom stereocenters. The average Bonchev–Trinajstić information content (AvgIpc) is 3.29. The third kappa shape index (κ3) is 3.75. The Morgan fingerprint density at radius 2 is 1.95 bits per heavy atom. The van der Waals surface area contributed by atoms with Crippen LogP contribution in [-0.2, 0) is 0 Å². The Hall–Kier alpha value is -0.120. The molecule has 0 spiro atoms. The van der Waals surface area contributed by atoms with Gasteiger partial charge < -0.3 is 5.32 Å². The van der Waals surface area contributed by atoms with Crippen molar-refractivity contribution in [2.24, 2.45) is 5.41 Å². The second kappa shape index (κ2) is 6.33. The first-order valence-corrected chi connectivity index (χ1v) is 8.88. The van der Waals surface area contributed by atoms with Gasteiger partial charge >= 0.3 is 0 Å². The van der Waals surface area contributed by atoms with Crippen molar-refractivity contribution in [1.29, 1.82) is 0 Å². The summed E-state index contributed by atoms with van der Waals surface area (Å²) in [6.45, 7) is 12.6.